The van der Waals surface area contributed by atoms with E-state index in [9.17, 15) is 10.1 Å². The van der Waals surface area contributed by atoms with E-state index < -0.39 is 4.92 Å². The number of hydrogen-bond donors (Lipinski definition) is 2. The first-order chi connectivity index (χ1) is 10.5. The Labute approximate surface area is 127 Å². The number of rotatable bonds is 6. The van der Waals surface area contributed by atoms with Gasteiger partial charge in [0.1, 0.15) is 17.2 Å². The minimum atomic E-state index is -0.467. The maximum Gasteiger partial charge on any atom is 0.294 e. The predicted octanol–water partition coefficient (Wildman–Crippen LogP) is 2.81. The third-order valence-electron chi connectivity index (χ3n) is 3.11. The average Bonchev–Trinajstić information content (AvgIpc) is 2.53. The monoisotopic (exact) mass is 303 g/mol. The van der Waals surface area contributed by atoms with E-state index in [-0.39, 0.29) is 5.69 Å². The molecule has 0 atom stereocenters. The van der Waals surface area contributed by atoms with Crippen molar-refractivity contribution in [3.05, 3.63) is 52.1 Å². The van der Waals surface area contributed by atoms with Gasteiger partial charge in [0, 0.05) is 24.4 Å². The first-order valence-electron chi connectivity index (χ1n) is 6.53. The van der Waals surface area contributed by atoms with Crippen molar-refractivity contribution in [2.75, 3.05) is 25.3 Å². The number of ether oxygens (including phenoxy) is 2. The summed E-state index contributed by atoms with van der Waals surface area (Å²) in [4.78, 5) is 10.6. The fraction of sp³-hybridized carbons (Fsp3) is 0.200. The van der Waals surface area contributed by atoms with Crippen molar-refractivity contribution in [2.45, 2.75) is 6.54 Å². The molecule has 0 radical (unpaired) electrons. The first-order valence-corrected chi connectivity index (χ1v) is 6.53. The summed E-state index contributed by atoms with van der Waals surface area (Å²) in [7, 11) is 3.13. The van der Waals surface area contributed by atoms with Crippen LogP contribution in [0, 0.1) is 10.1 Å². The highest BCUT2D eigenvalue weighted by Crippen LogP contribution is 2.28. The lowest BCUT2D eigenvalue weighted by molar-refractivity contribution is -0.383. The van der Waals surface area contributed by atoms with Crippen LogP contribution in [-0.2, 0) is 6.54 Å². The minimum absolute atomic E-state index is 0.0603. The second-order valence-electron chi connectivity index (χ2n) is 4.61. The number of nitro groups is 1. The van der Waals surface area contributed by atoms with Crippen molar-refractivity contribution < 1.29 is 14.4 Å². The van der Waals surface area contributed by atoms with Crippen LogP contribution in [0.4, 0.5) is 17.1 Å². The van der Waals surface area contributed by atoms with Gasteiger partial charge >= 0.3 is 0 Å². The topological polar surface area (TPSA) is 99.7 Å². The lowest BCUT2D eigenvalue weighted by Gasteiger charge is -2.11. The molecule has 2 rings (SSSR count). The van der Waals surface area contributed by atoms with Crippen LogP contribution in [0.3, 0.4) is 0 Å². The smallest absolute Gasteiger partial charge is 0.294 e. The number of nitrogens with one attached hydrogen (secondary N) is 1. The van der Waals surface area contributed by atoms with Gasteiger partial charge in [-0.25, -0.2) is 0 Å². The summed E-state index contributed by atoms with van der Waals surface area (Å²) in [5, 5.41) is 14.1. The van der Waals surface area contributed by atoms with E-state index in [1.165, 1.54) is 6.07 Å². The molecular weight excluding hydrogens is 286 g/mol. The van der Waals surface area contributed by atoms with Crippen molar-refractivity contribution in [3.8, 4) is 11.5 Å². The Kier molecular flexibility index (Phi) is 4.67. The zero-order valence-electron chi connectivity index (χ0n) is 12.3. The Balaban J connectivity index is 2.21. The molecule has 0 bridgehead atoms. The molecular formula is C15H17N3O4. The summed E-state index contributed by atoms with van der Waals surface area (Å²) < 4.78 is 10.4. The van der Waals surface area contributed by atoms with Crippen LogP contribution in [0.5, 0.6) is 11.5 Å². The lowest BCUT2D eigenvalue weighted by atomic mass is 10.2. The Hall–Kier alpha value is -2.96. The number of nitro benzene ring substituents is 1. The Morgan fingerprint density at radius 3 is 2.32 bits per heavy atom. The molecule has 3 N–H and O–H groups in total. The van der Waals surface area contributed by atoms with Gasteiger partial charge in [-0.1, -0.05) is 0 Å². The molecule has 0 spiro atoms. The van der Waals surface area contributed by atoms with Crippen LogP contribution in [0.25, 0.3) is 0 Å². The van der Waals surface area contributed by atoms with Gasteiger partial charge in [0.25, 0.3) is 5.69 Å². The van der Waals surface area contributed by atoms with Crippen molar-refractivity contribution >= 4 is 17.1 Å². The highest BCUT2D eigenvalue weighted by molar-refractivity contribution is 5.66. The number of hydrogen-bond acceptors (Lipinski definition) is 6. The molecule has 0 aliphatic rings. The van der Waals surface area contributed by atoms with Gasteiger partial charge in [-0.05, 0) is 29.8 Å². The molecule has 0 amide bonds. The number of nitrogen functional groups attached to an aromatic ring is 1. The van der Waals surface area contributed by atoms with Crippen LogP contribution in [0.15, 0.2) is 36.4 Å². The minimum Gasteiger partial charge on any atom is -0.497 e. The van der Waals surface area contributed by atoms with Crippen LogP contribution >= 0.6 is 0 Å². The molecule has 0 saturated carbocycles. The summed E-state index contributed by atoms with van der Waals surface area (Å²) in [6.07, 6.45) is 0. The highest BCUT2D eigenvalue weighted by Gasteiger charge is 2.14. The van der Waals surface area contributed by atoms with Crippen molar-refractivity contribution in [1.82, 2.24) is 0 Å². The summed E-state index contributed by atoms with van der Waals surface area (Å²) in [6, 6.07) is 9.95. The second kappa shape index (κ2) is 6.66. The molecule has 0 fully saturated rings. The van der Waals surface area contributed by atoms with Crippen LogP contribution < -0.4 is 20.5 Å². The highest BCUT2D eigenvalue weighted by atomic mass is 16.6. The number of methoxy groups -OCH3 is 2. The molecule has 116 valence electrons. The van der Waals surface area contributed by atoms with Gasteiger partial charge in [0.15, 0.2) is 0 Å². The average molecular weight is 303 g/mol. The third-order valence-corrected chi connectivity index (χ3v) is 3.11. The van der Waals surface area contributed by atoms with E-state index in [4.69, 9.17) is 15.2 Å². The molecule has 0 aliphatic carbocycles. The standard InChI is InChI=1S/C15H17N3O4/c1-21-12-5-10(6-13(8-12)22-2)9-17-14-4-3-11(16)7-15(14)18(19)20/h3-8,17H,9,16H2,1-2H3. The number of nitrogens with zero attached hydrogens (tertiary/aromatic N) is 1. The fourth-order valence-electron chi connectivity index (χ4n) is 2.01. The van der Waals surface area contributed by atoms with Gasteiger partial charge in [0.05, 0.1) is 19.1 Å². The Morgan fingerprint density at radius 2 is 1.77 bits per heavy atom. The largest absolute Gasteiger partial charge is 0.497 e. The van der Waals surface area contributed by atoms with Crippen molar-refractivity contribution in [2.24, 2.45) is 0 Å². The number of nitrogens with two attached hydrogens (primary N) is 1. The van der Waals surface area contributed by atoms with Gasteiger partial charge < -0.3 is 20.5 Å². The van der Waals surface area contributed by atoms with Crippen LogP contribution in [0.1, 0.15) is 5.56 Å². The molecule has 0 unspecified atom stereocenters. The van der Waals surface area contributed by atoms with Gasteiger partial charge in [-0.3, -0.25) is 10.1 Å². The maximum absolute atomic E-state index is 11.1. The molecule has 0 heterocycles. The molecule has 0 aliphatic heterocycles. The third kappa shape index (κ3) is 3.57. The fourth-order valence-corrected chi connectivity index (χ4v) is 2.01. The molecule has 0 aromatic heterocycles. The number of benzene rings is 2. The summed E-state index contributed by atoms with van der Waals surface area (Å²) in [5.74, 6) is 1.31. The van der Waals surface area contributed by atoms with Gasteiger partial charge in [0.2, 0.25) is 0 Å². The summed E-state index contributed by atoms with van der Waals surface area (Å²) in [5.41, 5.74) is 7.15. The second-order valence-corrected chi connectivity index (χ2v) is 4.61. The zero-order valence-corrected chi connectivity index (χ0v) is 12.3. The van der Waals surface area contributed by atoms with E-state index in [0.29, 0.717) is 29.4 Å². The van der Waals surface area contributed by atoms with Crippen molar-refractivity contribution in [1.29, 1.82) is 0 Å². The van der Waals surface area contributed by atoms with Crippen molar-refractivity contribution in [3.63, 3.8) is 0 Å². The molecule has 7 heteroatoms. The molecule has 2 aromatic rings. The maximum atomic E-state index is 11.1. The van der Waals surface area contributed by atoms with Gasteiger partial charge in [-0.15, -0.1) is 0 Å². The van der Waals surface area contributed by atoms with E-state index in [2.05, 4.69) is 5.32 Å². The zero-order chi connectivity index (χ0) is 16.1. The Bertz CT molecular complexity index is 666. The van der Waals surface area contributed by atoms with Gasteiger partial charge in [-0.2, -0.15) is 0 Å². The van der Waals surface area contributed by atoms with Crippen LogP contribution in [0.2, 0.25) is 0 Å². The Morgan fingerprint density at radius 1 is 1.14 bits per heavy atom. The normalized spacial score (nSPS) is 10.1. The van der Waals surface area contributed by atoms with Crippen LogP contribution in [-0.4, -0.2) is 19.1 Å². The van der Waals surface area contributed by atoms with E-state index in [0.717, 1.165) is 5.56 Å². The quantitative estimate of drug-likeness (QED) is 0.483. The lowest BCUT2D eigenvalue weighted by Crippen LogP contribution is -2.04. The first kappa shape index (κ1) is 15.4. The molecule has 2 aromatic carbocycles. The molecule has 7 nitrogen and oxygen atoms in total. The molecule has 0 saturated heterocycles. The van der Waals surface area contributed by atoms with E-state index >= 15 is 0 Å². The van der Waals surface area contributed by atoms with E-state index in [1.807, 2.05) is 12.1 Å². The van der Waals surface area contributed by atoms with E-state index in [1.54, 1.807) is 32.4 Å². The molecule has 22 heavy (non-hydrogen) atoms. The summed E-state index contributed by atoms with van der Waals surface area (Å²) >= 11 is 0. The summed E-state index contributed by atoms with van der Waals surface area (Å²) in [6.45, 7) is 0.387. The predicted molar refractivity (Wildman–Crippen MR) is 84.4 cm³/mol. The number of anilines is 2. The SMILES string of the molecule is COc1cc(CNc2ccc(N)cc2[N+](=O)[O-])cc(OC)c1.